The molecule has 4 aromatic carbocycles. The van der Waals surface area contributed by atoms with Gasteiger partial charge in [0.05, 0.1) is 52.0 Å². The predicted molar refractivity (Wildman–Crippen MR) is 279 cm³/mol. The molecule has 2 atom stereocenters. The topological polar surface area (TPSA) is 251 Å². The highest BCUT2D eigenvalue weighted by Gasteiger charge is 2.43. The first-order valence-corrected chi connectivity index (χ1v) is 29.6. The van der Waals surface area contributed by atoms with Gasteiger partial charge in [0.25, 0.3) is 0 Å². The van der Waals surface area contributed by atoms with Crippen LogP contribution in [0.3, 0.4) is 0 Å². The zero-order valence-corrected chi connectivity index (χ0v) is 46.1. The van der Waals surface area contributed by atoms with Gasteiger partial charge >= 0.3 is 6.09 Å². The average molecular weight is 1060 g/mol. The van der Waals surface area contributed by atoms with Crippen LogP contribution in [0.1, 0.15) is 64.7 Å². The Morgan fingerprint density at radius 3 is 1.79 bits per heavy atom. The molecule has 0 saturated carbocycles. The number of primary amides is 1. The van der Waals surface area contributed by atoms with Crippen LogP contribution in [-0.4, -0.2) is 131 Å². The van der Waals surface area contributed by atoms with Crippen LogP contribution >= 0.6 is 0 Å². The summed E-state index contributed by atoms with van der Waals surface area (Å²) in [6, 6.07) is 23.5. The Morgan fingerprint density at radius 2 is 1.34 bits per heavy atom. The molecule has 4 N–H and O–H groups in total. The fourth-order valence-corrected chi connectivity index (χ4v) is 12.9. The van der Waals surface area contributed by atoms with Crippen molar-refractivity contribution in [2.75, 3.05) is 52.4 Å². The van der Waals surface area contributed by atoms with Crippen LogP contribution in [0.5, 0.6) is 17.2 Å². The fourth-order valence-electron chi connectivity index (χ4n) is 8.10. The summed E-state index contributed by atoms with van der Waals surface area (Å²) in [6.07, 6.45) is -1.90. The van der Waals surface area contributed by atoms with Crippen molar-refractivity contribution in [2.24, 2.45) is 11.7 Å². The summed E-state index contributed by atoms with van der Waals surface area (Å²) >= 11 is 0. The molecule has 396 valence electrons. The van der Waals surface area contributed by atoms with E-state index in [1.165, 1.54) is 40.4 Å². The monoisotopic (exact) mass is 1060 g/mol. The molecule has 2 unspecified atom stereocenters. The number of aromatic nitrogens is 4. The molecule has 2 amide bonds. The van der Waals surface area contributed by atoms with Gasteiger partial charge in [-0.05, 0) is 116 Å². The maximum atomic E-state index is 16.2. The normalized spacial score (nSPS) is 15.1. The third-order valence-corrected chi connectivity index (χ3v) is 21.3. The first-order valence-electron chi connectivity index (χ1n) is 23.7. The number of nitrogens with zero attached hydrogens (tertiary/aromatic N) is 7. The molecule has 1 fully saturated rings. The van der Waals surface area contributed by atoms with E-state index in [1.54, 1.807) is 93.4 Å². The quantitative estimate of drug-likeness (QED) is 0.0621. The third kappa shape index (κ3) is 13.5. The summed E-state index contributed by atoms with van der Waals surface area (Å²) < 4.78 is 89.9. The lowest BCUT2D eigenvalue weighted by atomic mass is 10.1. The molecule has 1 aliphatic rings. The summed E-state index contributed by atoms with van der Waals surface area (Å²) in [5.74, 6) is 0.345. The summed E-state index contributed by atoms with van der Waals surface area (Å²) in [6.45, 7) is 14.5. The number of tetrazole rings is 1. The maximum Gasteiger partial charge on any atom is 0.407 e. The highest BCUT2D eigenvalue weighted by Crippen LogP contribution is 2.43. The number of nitrogens with one attached hydrogen (secondary N) is 1. The van der Waals surface area contributed by atoms with Gasteiger partial charge in [-0.3, -0.25) is 4.79 Å². The van der Waals surface area contributed by atoms with E-state index in [0.29, 0.717) is 34.8 Å². The molecule has 2 heterocycles. The van der Waals surface area contributed by atoms with E-state index >= 15 is 16.8 Å². The lowest BCUT2D eigenvalue weighted by Gasteiger charge is -2.42. The summed E-state index contributed by atoms with van der Waals surface area (Å²) in [5.41, 5.74) is 6.83. The van der Waals surface area contributed by atoms with Gasteiger partial charge in [-0.1, -0.05) is 57.2 Å². The molecule has 23 heteroatoms. The van der Waals surface area contributed by atoms with Crippen molar-refractivity contribution >= 4 is 46.1 Å². The van der Waals surface area contributed by atoms with Crippen molar-refractivity contribution in [3.63, 3.8) is 0 Å². The molecule has 6 rings (SSSR count). The molecule has 5 aromatic rings. The number of rotatable bonds is 22. The van der Waals surface area contributed by atoms with E-state index in [-0.39, 0.29) is 61.4 Å². The molecule has 0 bridgehead atoms. The predicted octanol–water partition coefficient (Wildman–Crippen LogP) is 6.56. The van der Waals surface area contributed by atoms with Gasteiger partial charge in [0.15, 0.2) is 8.32 Å². The highest BCUT2D eigenvalue weighted by molar-refractivity contribution is 7.92. The SMILES string of the molecule is COc1ccc(CN(Cc2ccc(OC)cc2)S(=O)(=O)c2c(S(=O)(=O)NCC(CN(C(=O)O)C(C)(C)C)O[Si](C)(C)C(C)(C)C)ccc(N3CCC(C(N)=O)C3)c2-c2nnn(Cc3ccc(OC)cc3)n2)cc1. The van der Waals surface area contributed by atoms with Crippen LogP contribution in [0, 0.1) is 5.92 Å². The van der Waals surface area contributed by atoms with Crippen molar-refractivity contribution < 1.29 is 50.2 Å². The molecule has 0 radical (unpaired) electrons. The van der Waals surface area contributed by atoms with Gasteiger partial charge in [-0.25, -0.2) is 26.4 Å². The van der Waals surface area contributed by atoms with Crippen molar-refractivity contribution in [2.45, 2.75) is 107 Å². The number of anilines is 1. The van der Waals surface area contributed by atoms with E-state index in [2.05, 4.69) is 15.0 Å². The summed E-state index contributed by atoms with van der Waals surface area (Å²) in [7, 11) is -8.03. The Balaban J connectivity index is 1.60. The maximum absolute atomic E-state index is 16.2. The van der Waals surface area contributed by atoms with Crippen LogP contribution in [0.4, 0.5) is 10.5 Å². The zero-order valence-electron chi connectivity index (χ0n) is 43.4. The minimum absolute atomic E-state index is 0.0912. The lowest BCUT2D eigenvalue weighted by molar-refractivity contribution is -0.121. The number of sulfonamides is 2. The van der Waals surface area contributed by atoms with Gasteiger partial charge in [0.2, 0.25) is 31.8 Å². The van der Waals surface area contributed by atoms with Crippen LogP contribution < -0.4 is 29.6 Å². The molecule has 73 heavy (non-hydrogen) atoms. The number of carboxylic acid groups (broad SMARTS) is 1. The number of carbonyl (C=O) groups excluding carboxylic acids is 1. The van der Waals surface area contributed by atoms with Crippen molar-refractivity contribution in [3.05, 3.63) is 102 Å². The molecular formula is C50H69N9O11S2Si. The van der Waals surface area contributed by atoms with Gasteiger partial charge in [0, 0.05) is 44.0 Å². The first kappa shape index (κ1) is 56.2. The smallest absolute Gasteiger partial charge is 0.407 e. The second kappa shape index (κ2) is 22.6. The third-order valence-electron chi connectivity index (χ3n) is 13.3. The minimum Gasteiger partial charge on any atom is -0.497 e. The second-order valence-electron chi connectivity index (χ2n) is 20.5. The van der Waals surface area contributed by atoms with Crippen molar-refractivity contribution in [1.82, 2.24) is 34.1 Å². The number of hydrogen-bond donors (Lipinski definition) is 3. The minimum atomic E-state index is -5.00. The largest absolute Gasteiger partial charge is 0.497 e. The Morgan fingerprint density at radius 1 is 0.822 bits per heavy atom. The molecular weight excluding hydrogens is 995 g/mol. The van der Waals surface area contributed by atoms with Crippen LogP contribution in [0.2, 0.25) is 18.1 Å². The summed E-state index contributed by atoms with van der Waals surface area (Å²) in [5, 5.41) is 23.5. The van der Waals surface area contributed by atoms with E-state index in [4.69, 9.17) is 29.5 Å². The Labute approximate surface area is 430 Å². The zero-order chi connectivity index (χ0) is 53.7. The van der Waals surface area contributed by atoms with E-state index in [0.717, 1.165) is 5.56 Å². The molecule has 1 aromatic heterocycles. The Kier molecular flexibility index (Phi) is 17.4. The molecule has 0 spiro atoms. The lowest BCUT2D eigenvalue weighted by Crippen LogP contribution is -2.55. The number of methoxy groups -OCH3 is 3. The number of amides is 2. The van der Waals surface area contributed by atoms with Crippen molar-refractivity contribution in [3.8, 4) is 28.6 Å². The molecule has 1 saturated heterocycles. The van der Waals surface area contributed by atoms with Gasteiger partial charge < -0.3 is 39.3 Å². The number of hydrogen-bond acceptors (Lipinski definition) is 14. The standard InChI is InChI=1S/C50H69N9O11S2Si/c1-49(2,3)58(48(61)62)33-41(70-73(10,11)50(4,5)6)28-52-71(63,64)43-25-24-42(56-27-26-37(32-56)46(51)60)44(47-53-55-59(54-47)31-36-16-22-40(69-9)23-17-36)45(43)72(65,66)57(29-34-12-18-38(67-7)19-13-34)30-35-14-20-39(68-8)21-15-35/h12-25,37,41,52H,26-33H2,1-11H3,(H2,51,60)(H,61,62). The highest BCUT2D eigenvalue weighted by atomic mass is 32.2. The molecule has 1 aliphatic heterocycles. The van der Waals surface area contributed by atoms with Gasteiger partial charge in [-0.2, -0.15) is 9.10 Å². The van der Waals surface area contributed by atoms with E-state index in [1.807, 2.05) is 46.0 Å². The fraction of sp³-hybridized carbons (Fsp3) is 0.460. The number of nitrogens with two attached hydrogens (primary N) is 1. The first-order chi connectivity index (χ1) is 34.2. The van der Waals surface area contributed by atoms with Crippen LogP contribution in [0.25, 0.3) is 11.4 Å². The van der Waals surface area contributed by atoms with E-state index in [9.17, 15) is 14.7 Å². The van der Waals surface area contributed by atoms with Gasteiger partial charge in [-0.15, -0.1) is 10.2 Å². The Bertz CT molecular complexity index is 2890. The van der Waals surface area contributed by atoms with Gasteiger partial charge in [0.1, 0.15) is 27.0 Å². The average Bonchev–Trinajstić information content (AvgIpc) is 4.02. The van der Waals surface area contributed by atoms with Crippen LogP contribution in [-0.2, 0) is 48.9 Å². The number of benzene rings is 4. The Hall–Kier alpha value is -6.11. The molecule has 0 aliphatic carbocycles. The van der Waals surface area contributed by atoms with E-state index < -0.39 is 74.3 Å². The number of ether oxygens (including phenoxy) is 3. The molecule has 20 nitrogen and oxygen atoms in total. The summed E-state index contributed by atoms with van der Waals surface area (Å²) in [4.78, 5) is 28.3. The van der Waals surface area contributed by atoms with Crippen LogP contribution in [0.15, 0.2) is 94.7 Å². The second-order valence-corrected chi connectivity index (χ2v) is 28.9. The number of carbonyl (C=O) groups is 2. The van der Waals surface area contributed by atoms with Crippen molar-refractivity contribution in [1.29, 1.82) is 0 Å².